The molecule has 28 heavy (non-hydrogen) atoms. The zero-order valence-corrected chi connectivity index (χ0v) is 15.6. The average molecular weight is 382 g/mol. The van der Waals surface area contributed by atoms with Gasteiger partial charge in [-0.05, 0) is 25.0 Å². The third-order valence-corrected chi connectivity index (χ3v) is 5.03. The molecule has 0 radical (unpaired) electrons. The first-order chi connectivity index (χ1) is 13.6. The first-order valence-corrected chi connectivity index (χ1v) is 9.23. The van der Waals surface area contributed by atoms with Gasteiger partial charge in [0.2, 0.25) is 17.8 Å². The van der Waals surface area contributed by atoms with Crippen molar-refractivity contribution in [3.05, 3.63) is 29.8 Å². The molecule has 0 bridgehead atoms. The zero-order chi connectivity index (χ0) is 19.7. The Morgan fingerprint density at radius 1 is 1.29 bits per heavy atom. The van der Waals surface area contributed by atoms with E-state index < -0.39 is 5.92 Å². The molecule has 146 valence electrons. The topological polar surface area (TPSA) is 122 Å². The largest absolute Gasteiger partial charge is 0.495 e. The lowest BCUT2D eigenvalue weighted by Gasteiger charge is -2.27. The van der Waals surface area contributed by atoms with Crippen LogP contribution in [0.25, 0.3) is 0 Å². The van der Waals surface area contributed by atoms with E-state index in [-0.39, 0.29) is 24.1 Å². The molecule has 1 aromatic carbocycles. The number of para-hydroxylation sites is 2. The lowest BCUT2D eigenvalue weighted by atomic mass is 9.92. The maximum Gasteiger partial charge on any atom is 0.232 e. The Kier molecular flexibility index (Phi) is 4.72. The van der Waals surface area contributed by atoms with Crippen molar-refractivity contribution < 1.29 is 14.3 Å². The van der Waals surface area contributed by atoms with Crippen molar-refractivity contribution in [2.24, 2.45) is 0 Å². The van der Waals surface area contributed by atoms with Crippen LogP contribution in [0.3, 0.4) is 0 Å². The van der Waals surface area contributed by atoms with E-state index in [1.165, 1.54) is 7.11 Å². The number of methoxy groups -OCH3 is 1. The molecule has 2 aromatic rings. The van der Waals surface area contributed by atoms with Gasteiger partial charge >= 0.3 is 0 Å². The summed E-state index contributed by atoms with van der Waals surface area (Å²) in [5, 5.41) is 5.56. The van der Waals surface area contributed by atoms with Crippen LogP contribution in [-0.4, -0.2) is 42.0 Å². The number of nitrogens with zero attached hydrogens (tertiary/aromatic N) is 3. The van der Waals surface area contributed by atoms with Gasteiger partial charge in [-0.15, -0.1) is 0 Å². The molecule has 3 heterocycles. The monoisotopic (exact) mass is 382 g/mol. The van der Waals surface area contributed by atoms with E-state index in [0.29, 0.717) is 28.8 Å². The maximum atomic E-state index is 13.0. The zero-order valence-electron chi connectivity index (χ0n) is 15.6. The summed E-state index contributed by atoms with van der Waals surface area (Å²) >= 11 is 0. The van der Waals surface area contributed by atoms with Crippen LogP contribution < -0.4 is 26.0 Å². The van der Waals surface area contributed by atoms with Gasteiger partial charge in [0.05, 0.1) is 24.3 Å². The Morgan fingerprint density at radius 2 is 2.04 bits per heavy atom. The standard InChI is InChI=1S/C19H22N6O3/c1-28-13-7-3-2-6-12(13)21-18(27)11-10-14(26)22-17-15(11)16(20)23-19(24-17)25-8-4-5-9-25/h2-3,6-7,11H,4-5,8-10H2,1H3,(H,21,27)(H3,20,22,23,24,26)/t11-/m0/s1. The van der Waals surface area contributed by atoms with Gasteiger partial charge in [-0.1, -0.05) is 12.1 Å². The summed E-state index contributed by atoms with van der Waals surface area (Å²) in [7, 11) is 1.53. The molecule has 9 heteroatoms. The van der Waals surface area contributed by atoms with Gasteiger partial charge in [-0.25, -0.2) is 0 Å². The van der Waals surface area contributed by atoms with Crippen LogP contribution in [0, 0.1) is 0 Å². The van der Waals surface area contributed by atoms with E-state index >= 15 is 0 Å². The smallest absolute Gasteiger partial charge is 0.232 e. The second kappa shape index (κ2) is 7.34. The predicted octanol–water partition coefficient (Wildman–Crippen LogP) is 1.73. The molecular weight excluding hydrogens is 360 g/mol. The number of benzene rings is 1. The summed E-state index contributed by atoms with van der Waals surface area (Å²) in [6.07, 6.45) is 2.11. The lowest BCUT2D eigenvalue weighted by molar-refractivity contribution is -0.123. The number of nitrogens with one attached hydrogen (secondary N) is 2. The molecule has 1 saturated heterocycles. The average Bonchev–Trinajstić information content (AvgIpc) is 3.22. The van der Waals surface area contributed by atoms with Gasteiger partial charge in [-0.3, -0.25) is 9.59 Å². The van der Waals surface area contributed by atoms with Crippen LogP contribution in [0.2, 0.25) is 0 Å². The van der Waals surface area contributed by atoms with E-state index in [4.69, 9.17) is 10.5 Å². The van der Waals surface area contributed by atoms with E-state index in [0.717, 1.165) is 25.9 Å². The first kappa shape index (κ1) is 18.0. The summed E-state index contributed by atoms with van der Waals surface area (Å²) in [4.78, 5) is 36.1. The highest BCUT2D eigenvalue weighted by atomic mass is 16.5. The van der Waals surface area contributed by atoms with E-state index in [2.05, 4.69) is 20.6 Å². The number of amides is 2. The van der Waals surface area contributed by atoms with Gasteiger partial charge in [0.25, 0.3) is 0 Å². The molecular formula is C19H22N6O3. The minimum absolute atomic E-state index is 0.0232. The molecule has 2 aliphatic heterocycles. The van der Waals surface area contributed by atoms with Crippen molar-refractivity contribution in [1.29, 1.82) is 0 Å². The van der Waals surface area contributed by atoms with Gasteiger partial charge in [0.1, 0.15) is 17.4 Å². The molecule has 4 rings (SSSR count). The van der Waals surface area contributed by atoms with Crippen LogP contribution in [0.5, 0.6) is 5.75 Å². The van der Waals surface area contributed by atoms with Crippen LogP contribution >= 0.6 is 0 Å². The van der Waals surface area contributed by atoms with Crippen molar-refractivity contribution in [3.8, 4) is 5.75 Å². The minimum Gasteiger partial charge on any atom is -0.495 e. The molecule has 1 fully saturated rings. The highest BCUT2D eigenvalue weighted by molar-refractivity contribution is 6.06. The number of ether oxygens (including phenoxy) is 1. The number of fused-ring (bicyclic) bond motifs is 1. The fraction of sp³-hybridized carbons (Fsp3) is 0.368. The summed E-state index contributed by atoms with van der Waals surface area (Å²) in [5.74, 6) is 0.131. The second-order valence-electron chi connectivity index (χ2n) is 6.86. The molecule has 1 atom stereocenters. The number of carbonyl (C=O) groups is 2. The fourth-order valence-corrected chi connectivity index (χ4v) is 3.63. The predicted molar refractivity (Wildman–Crippen MR) is 106 cm³/mol. The second-order valence-corrected chi connectivity index (χ2v) is 6.86. The van der Waals surface area contributed by atoms with Crippen LogP contribution in [0.1, 0.15) is 30.7 Å². The van der Waals surface area contributed by atoms with Gasteiger partial charge in [-0.2, -0.15) is 9.97 Å². The molecule has 0 unspecified atom stereocenters. The SMILES string of the molecule is COc1ccccc1NC(=O)[C@H]1CC(=O)Nc2nc(N3CCCC3)nc(N)c21. The number of anilines is 4. The molecule has 0 saturated carbocycles. The quantitative estimate of drug-likeness (QED) is 0.736. The molecule has 1 aromatic heterocycles. The van der Waals surface area contributed by atoms with Crippen molar-refractivity contribution in [2.75, 3.05) is 41.5 Å². The van der Waals surface area contributed by atoms with Crippen molar-refractivity contribution >= 4 is 35.1 Å². The molecule has 9 nitrogen and oxygen atoms in total. The highest BCUT2D eigenvalue weighted by Crippen LogP contribution is 2.37. The van der Waals surface area contributed by atoms with Crippen LogP contribution in [-0.2, 0) is 9.59 Å². The molecule has 0 spiro atoms. The maximum absolute atomic E-state index is 13.0. The normalized spacial score (nSPS) is 18.4. The van der Waals surface area contributed by atoms with Crippen molar-refractivity contribution in [1.82, 2.24) is 9.97 Å². The van der Waals surface area contributed by atoms with Gasteiger partial charge in [0.15, 0.2) is 0 Å². The Morgan fingerprint density at radius 3 is 2.79 bits per heavy atom. The first-order valence-electron chi connectivity index (χ1n) is 9.23. The molecule has 2 aliphatic rings. The number of hydrogen-bond donors (Lipinski definition) is 3. The summed E-state index contributed by atoms with van der Waals surface area (Å²) in [6.45, 7) is 1.70. The lowest BCUT2D eigenvalue weighted by Crippen LogP contribution is -2.33. The third-order valence-electron chi connectivity index (χ3n) is 5.03. The van der Waals surface area contributed by atoms with E-state index in [1.54, 1.807) is 18.2 Å². The third kappa shape index (κ3) is 3.30. The summed E-state index contributed by atoms with van der Waals surface area (Å²) in [6, 6.07) is 7.08. The molecule has 2 amide bonds. The summed E-state index contributed by atoms with van der Waals surface area (Å²) < 4.78 is 5.27. The Bertz CT molecular complexity index is 926. The fourth-order valence-electron chi connectivity index (χ4n) is 3.63. The van der Waals surface area contributed by atoms with E-state index in [1.807, 2.05) is 11.0 Å². The van der Waals surface area contributed by atoms with Crippen LogP contribution in [0.4, 0.5) is 23.3 Å². The molecule has 4 N–H and O–H groups in total. The highest BCUT2D eigenvalue weighted by Gasteiger charge is 2.35. The van der Waals surface area contributed by atoms with Gasteiger partial charge in [0, 0.05) is 19.5 Å². The summed E-state index contributed by atoms with van der Waals surface area (Å²) in [5.41, 5.74) is 7.18. The minimum atomic E-state index is -0.777. The number of aromatic nitrogens is 2. The van der Waals surface area contributed by atoms with Crippen molar-refractivity contribution in [3.63, 3.8) is 0 Å². The Balaban J connectivity index is 1.66. The number of rotatable bonds is 4. The number of nitrogens with two attached hydrogens (primary N) is 1. The number of nitrogen functional groups attached to an aromatic ring is 1. The number of carbonyl (C=O) groups excluding carboxylic acids is 2. The van der Waals surface area contributed by atoms with E-state index in [9.17, 15) is 9.59 Å². The number of hydrogen-bond acceptors (Lipinski definition) is 7. The Labute approximate surface area is 162 Å². The molecule has 0 aliphatic carbocycles. The van der Waals surface area contributed by atoms with Crippen LogP contribution in [0.15, 0.2) is 24.3 Å². The Hall–Kier alpha value is -3.36. The van der Waals surface area contributed by atoms with Crippen molar-refractivity contribution in [2.45, 2.75) is 25.2 Å². The van der Waals surface area contributed by atoms with Gasteiger partial charge < -0.3 is 26.0 Å².